The fourth-order valence-corrected chi connectivity index (χ4v) is 1.29. The number of hydrogen-bond donors (Lipinski definition) is 0. The van der Waals surface area contributed by atoms with Gasteiger partial charge in [-0.15, -0.1) is 0 Å². The first-order valence-corrected chi connectivity index (χ1v) is 5.23. The molecular weight excluding hydrogens is 192 g/mol. The van der Waals surface area contributed by atoms with Crippen LogP contribution < -0.4 is 0 Å². The molecule has 4 heteroatoms. The highest BCUT2D eigenvalue weighted by Crippen LogP contribution is 2.11. The molecular formula is C11H18N2O2. The van der Waals surface area contributed by atoms with Gasteiger partial charge in [-0.25, -0.2) is 0 Å². The Kier molecular flexibility index (Phi) is 4.03. The van der Waals surface area contributed by atoms with Crippen molar-refractivity contribution < 1.29 is 9.53 Å². The van der Waals surface area contributed by atoms with Gasteiger partial charge in [-0.05, 0) is 27.7 Å². The van der Waals surface area contributed by atoms with Gasteiger partial charge in [-0.3, -0.25) is 9.48 Å². The topological polar surface area (TPSA) is 44.1 Å². The summed E-state index contributed by atoms with van der Waals surface area (Å²) in [6.45, 7) is 8.48. The number of hydrogen-bond acceptors (Lipinski definition) is 3. The molecule has 1 heterocycles. The molecule has 0 bridgehead atoms. The van der Waals surface area contributed by atoms with Crippen molar-refractivity contribution in [2.45, 2.75) is 33.7 Å². The van der Waals surface area contributed by atoms with Crippen LogP contribution in [0.2, 0.25) is 0 Å². The molecule has 84 valence electrons. The molecule has 15 heavy (non-hydrogen) atoms. The van der Waals surface area contributed by atoms with Gasteiger partial charge in [0.25, 0.3) is 0 Å². The summed E-state index contributed by atoms with van der Waals surface area (Å²) < 4.78 is 6.89. The van der Waals surface area contributed by atoms with Crippen molar-refractivity contribution in [3.05, 3.63) is 17.5 Å². The lowest BCUT2D eigenvalue weighted by Gasteiger charge is -2.02. The molecule has 0 unspecified atom stereocenters. The normalized spacial score (nSPS) is 11.0. The molecule has 0 saturated heterocycles. The van der Waals surface area contributed by atoms with E-state index in [1.807, 2.05) is 27.7 Å². The Hall–Kier alpha value is -1.16. The minimum absolute atomic E-state index is 0.00116. The van der Waals surface area contributed by atoms with Crippen LogP contribution in [0.3, 0.4) is 0 Å². The van der Waals surface area contributed by atoms with Crippen molar-refractivity contribution in [3.63, 3.8) is 0 Å². The summed E-state index contributed by atoms with van der Waals surface area (Å²) >= 11 is 0. The van der Waals surface area contributed by atoms with Crippen molar-refractivity contribution in [1.29, 1.82) is 0 Å². The summed E-state index contributed by atoms with van der Waals surface area (Å²) in [5.74, 6) is 0.00116. The highest BCUT2D eigenvalue weighted by Gasteiger charge is 2.14. The monoisotopic (exact) mass is 210 g/mol. The molecule has 0 amide bonds. The molecule has 1 aromatic rings. The number of carbonyl (C=O) groups is 1. The third-order valence-electron chi connectivity index (χ3n) is 2.18. The Morgan fingerprint density at radius 2 is 2.27 bits per heavy atom. The Balaban J connectivity index is 2.80. The van der Waals surface area contributed by atoms with Gasteiger partial charge in [0.15, 0.2) is 5.78 Å². The molecule has 0 radical (unpaired) electrons. The van der Waals surface area contributed by atoms with Crippen LogP contribution in [-0.2, 0) is 4.74 Å². The van der Waals surface area contributed by atoms with Gasteiger partial charge in [0.2, 0.25) is 0 Å². The van der Waals surface area contributed by atoms with E-state index >= 15 is 0 Å². The zero-order valence-corrected chi connectivity index (χ0v) is 9.78. The summed E-state index contributed by atoms with van der Waals surface area (Å²) in [5.41, 5.74) is 1.44. The molecule has 1 rings (SSSR count). The van der Waals surface area contributed by atoms with E-state index < -0.39 is 0 Å². The van der Waals surface area contributed by atoms with Gasteiger partial charge in [-0.1, -0.05) is 0 Å². The molecule has 0 aliphatic heterocycles. The van der Waals surface area contributed by atoms with Crippen LogP contribution in [0.1, 0.15) is 42.9 Å². The van der Waals surface area contributed by atoms with Crippen LogP contribution in [0.15, 0.2) is 6.20 Å². The molecule has 0 aromatic carbocycles. The third-order valence-corrected chi connectivity index (χ3v) is 2.18. The van der Waals surface area contributed by atoms with Gasteiger partial charge in [0.1, 0.15) is 6.61 Å². The zero-order valence-electron chi connectivity index (χ0n) is 9.78. The van der Waals surface area contributed by atoms with Crippen LogP contribution >= 0.6 is 0 Å². The van der Waals surface area contributed by atoms with Crippen molar-refractivity contribution in [2.24, 2.45) is 0 Å². The van der Waals surface area contributed by atoms with Crippen LogP contribution in [-0.4, -0.2) is 28.8 Å². The van der Waals surface area contributed by atoms with E-state index in [1.54, 1.807) is 10.9 Å². The highest BCUT2D eigenvalue weighted by atomic mass is 16.5. The van der Waals surface area contributed by atoms with Crippen molar-refractivity contribution in [2.75, 3.05) is 13.2 Å². The first-order chi connectivity index (χ1) is 7.06. The van der Waals surface area contributed by atoms with Crippen LogP contribution in [0.25, 0.3) is 0 Å². The predicted octanol–water partition coefficient (Wildman–Crippen LogP) is 1.99. The predicted molar refractivity (Wildman–Crippen MR) is 58.2 cm³/mol. The molecule has 4 nitrogen and oxygen atoms in total. The number of carbonyl (C=O) groups excluding carboxylic acids is 1. The molecule has 0 spiro atoms. The molecule has 0 saturated carbocycles. The Labute approximate surface area is 90.2 Å². The number of aromatic nitrogens is 2. The lowest BCUT2D eigenvalue weighted by Crippen LogP contribution is -2.09. The number of ether oxygens (including phenoxy) is 1. The average Bonchev–Trinajstić information content (AvgIpc) is 2.57. The zero-order chi connectivity index (χ0) is 11.4. The van der Waals surface area contributed by atoms with Gasteiger partial charge in [0.05, 0.1) is 11.3 Å². The van der Waals surface area contributed by atoms with Crippen molar-refractivity contribution in [1.82, 2.24) is 9.78 Å². The Morgan fingerprint density at radius 1 is 1.60 bits per heavy atom. The highest BCUT2D eigenvalue weighted by molar-refractivity contribution is 5.97. The van der Waals surface area contributed by atoms with Gasteiger partial charge >= 0.3 is 0 Å². The quantitative estimate of drug-likeness (QED) is 0.698. The molecule has 1 aromatic heterocycles. The van der Waals surface area contributed by atoms with Crippen molar-refractivity contribution >= 4 is 5.78 Å². The number of aryl methyl sites for hydroxylation is 1. The third kappa shape index (κ3) is 2.89. The first kappa shape index (κ1) is 11.9. The summed E-state index contributed by atoms with van der Waals surface area (Å²) in [6.07, 6.45) is 1.79. The number of nitrogens with zero attached hydrogens (tertiary/aromatic N) is 2. The second-order valence-electron chi connectivity index (χ2n) is 3.76. The fourth-order valence-electron chi connectivity index (χ4n) is 1.29. The summed E-state index contributed by atoms with van der Waals surface area (Å²) in [7, 11) is 0. The average molecular weight is 210 g/mol. The van der Waals surface area contributed by atoms with Gasteiger partial charge in [-0.2, -0.15) is 5.10 Å². The Morgan fingerprint density at radius 3 is 2.73 bits per heavy atom. The number of Topliss-reactive ketones (excluding diaryl/α,β-unsaturated/α-hetero) is 1. The fraction of sp³-hybridized carbons (Fsp3) is 0.636. The lowest BCUT2D eigenvalue weighted by molar-refractivity contribution is 0.0782. The second-order valence-corrected chi connectivity index (χ2v) is 3.76. The van der Waals surface area contributed by atoms with E-state index in [1.165, 1.54) is 0 Å². The second kappa shape index (κ2) is 5.07. The van der Waals surface area contributed by atoms with E-state index in [4.69, 9.17) is 4.74 Å². The molecule has 0 atom stereocenters. The minimum atomic E-state index is 0.00116. The standard InChI is InChI=1S/C11H18N2O2/c1-5-15-7-11(14)10-6-13(8(2)3)12-9(10)4/h6,8H,5,7H2,1-4H3. The van der Waals surface area contributed by atoms with Crippen LogP contribution in [0, 0.1) is 6.92 Å². The maximum absolute atomic E-state index is 11.7. The molecule has 0 aliphatic carbocycles. The summed E-state index contributed by atoms with van der Waals surface area (Å²) in [5, 5.41) is 4.28. The first-order valence-electron chi connectivity index (χ1n) is 5.23. The molecule has 0 aliphatic rings. The largest absolute Gasteiger partial charge is 0.374 e. The van der Waals surface area contributed by atoms with Crippen LogP contribution in [0.4, 0.5) is 0 Å². The number of rotatable bonds is 5. The van der Waals surface area contributed by atoms with Crippen molar-refractivity contribution in [3.8, 4) is 0 Å². The van der Waals surface area contributed by atoms with Gasteiger partial charge in [0, 0.05) is 18.8 Å². The smallest absolute Gasteiger partial charge is 0.191 e. The van der Waals surface area contributed by atoms with E-state index in [-0.39, 0.29) is 18.4 Å². The van der Waals surface area contributed by atoms with Crippen LogP contribution in [0.5, 0.6) is 0 Å². The van der Waals surface area contributed by atoms with E-state index in [0.717, 1.165) is 5.69 Å². The van der Waals surface area contributed by atoms with E-state index in [0.29, 0.717) is 12.2 Å². The molecule has 0 N–H and O–H groups in total. The minimum Gasteiger partial charge on any atom is -0.374 e. The van der Waals surface area contributed by atoms with E-state index in [2.05, 4.69) is 5.10 Å². The lowest BCUT2D eigenvalue weighted by atomic mass is 10.2. The summed E-state index contributed by atoms with van der Waals surface area (Å²) in [4.78, 5) is 11.7. The SMILES string of the molecule is CCOCC(=O)c1cn(C(C)C)nc1C. The van der Waals surface area contributed by atoms with Gasteiger partial charge < -0.3 is 4.74 Å². The molecule has 0 fully saturated rings. The summed E-state index contributed by atoms with van der Waals surface area (Å²) in [6, 6.07) is 0.275. The maximum Gasteiger partial charge on any atom is 0.191 e. The number of ketones is 1. The van der Waals surface area contributed by atoms with E-state index in [9.17, 15) is 4.79 Å². The Bertz CT molecular complexity index is 342. The maximum atomic E-state index is 11.7.